The fourth-order valence-electron chi connectivity index (χ4n) is 6.53. The lowest BCUT2D eigenvalue weighted by atomic mass is 9.83. The first kappa shape index (κ1) is 41.7. The normalized spacial score (nSPS) is 31.5. The summed E-state index contributed by atoms with van der Waals surface area (Å²) in [6, 6.07) is 2.46. The molecule has 8 atom stereocenters. The third-order valence-electron chi connectivity index (χ3n) is 9.95. The lowest BCUT2D eigenvalue weighted by Gasteiger charge is -2.42. The summed E-state index contributed by atoms with van der Waals surface area (Å²) < 4.78 is 28.9. The zero-order valence-corrected chi connectivity index (χ0v) is 33.2. The second kappa shape index (κ2) is 17.4. The van der Waals surface area contributed by atoms with Gasteiger partial charge in [-0.1, -0.05) is 63.9 Å². The molecule has 2 saturated heterocycles. The van der Waals surface area contributed by atoms with Crippen molar-refractivity contribution in [1.29, 1.82) is 0 Å². The molecule has 13 nitrogen and oxygen atoms in total. The Hall–Kier alpha value is -3.08. The van der Waals surface area contributed by atoms with Gasteiger partial charge in [0.25, 0.3) is 6.79 Å². The number of likely N-dealkylation sites (N-methyl/N-ethyl adjacent to an activating group) is 1. The molecule has 52 heavy (non-hydrogen) atoms. The minimum absolute atomic E-state index is 0.0451. The summed E-state index contributed by atoms with van der Waals surface area (Å²) in [5.74, 6) is -1.10. The van der Waals surface area contributed by atoms with E-state index in [2.05, 4.69) is 12.1 Å². The van der Waals surface area contributed by atoms with Crippen LogP contribution in [0.3, 0.4) is 0 Å². The van der Waals surface area contributed by atoms with Crippen molar-refractivity contribution in [3.8, 4) is 5.75 Å². The highest BCUT2D eigenvalue weighted by Gasteiger charge is 2.64. The Morgan fingerprint density at radius 3 is 2.69 bits per heavy atom. The first-order valence-corrected chi connectivity index (χ1v) is 20.0. The second-order valence-electron chi connectivity index (χ2n) is 13.6. The predicted molar refractivity (Wildman–Crippen MR) is 202 cm³/mol. The maximum atomic E-state index is 14.1. The van der Waals surface area contributed by atoms with Crippen LogP contribution in [-0.2, 0) is 37.8 Å². The third-order valence-corrected chi connectivity index (χ3v) is 12.1. The molecule has 1 aromatic carbocycles. The number of benzene rings is 1. The van der Waals surface area contributed by atoms with Crippen LogP contribution in [0, 0.1) is 5.92 Å². The number of halogens is 1. The van der Waals surface area contributed by atoms with Crippen LogP contribution in [0.2, 0.25) is 5.02 Å². The lowest BCUT2D eigenvalue weighted by Crippen LogP contribution is -2.63. The number of anilines is 1. The number of hydrogen-bond acceptors (Lipinski definition) is 11. The third kappa shape index (κ3) is 9.34. The quantitative estimate of drug-likeness (QED) is 0.0838. The first-order valence-electron chi connectivity index (χ1n) is 16.9. The number of esters is 1. The van der Waals surface area contributed by atoms with Crippen LogP contribution in [0.1, 0.15) is 58.9 Å². The van der Waals surface area contributed by atoms with E-state index in [1.165, 1.54) is 24.0 Å². The number of alkyl carbamates (subject to hydrolysis) is 1. The SMILES string of the molecule is C=[O+]c1cc2cc(c1Cl)N(C)C(=O)C[C@H](OC(=O)[C@@H](C)N(C)C(=O)CCSSC)[C@]1(C)O[C@H]1[C@H](C)[C@@H]1C[C@@](O)(NC(=O)O1)[C@H](OC)/C=C/C/C(C)=C\2. The van der Waals surface area contributed by atoms with Crippen LogP contribution < -0.4 is 10.2 Å². The molecule has 0 spiro atoms. The van der Waals surface area contributed by atoms with Gasteiger partial charge in [-0.3, -0.25) is 14.9 Å². The zero-order chi connectivity index (χ0) is 38.5. The van der Waals surface area contributed by atoms with E-state index in [1.807, 2.05) is 25.3 Å². The number of hydrogen-bond donors (Lipinski definition) is 2. The molecule has 4 bridgehead atoms. The summed E-state index contributed by atoms with van der Waals surface area (Å²) in [5.41, 5.74) is -1.10. The Balaban J connectivity index is 1.75. The van der Waals surface area contributed by atoms with Crippen molar-refractivity contribution in [1.82, 2.24) is 10.2 Å². The van der Waals surface area contributed by atoms with Gasteiger partial charge in [0.2, 0.25) is 11.8 Å². The van der Waals surface area contributed by atoms with Gasteiger partial charge in [-0.25, -0.2) is 14.0 Å². The minimum Gasteiger partial charge on any atom is -0.457 e. The predicted octanol–water partition coefficient (Wildman–Crippen LogP) is 5.29. The van der Waals surface area contributed by atoms with Crippen molar-refractivity contribution in [2.75, 3.05) is 38.1 Å². The van der Waals surface area contributed by atoms with E-state index in [0.717, 1.165) is 5.57 Å². The van der Waals surface area contributed by atoms with Crippen molar-refractivity contribution >= 4 is 75.6 Å². The molecule has 3 aliphatic rings. The number of carbonyl (C=O) groups is 4. The van der Waals surface area contributed by atoms with Crippen molar-refractivity contribution in [3.63, 3.8) is 0 Å². The highest BCUT2D eigenvalue weighted by molar-refractivity contribution is 8.76. The summed E-state index contributed by atoms with van der Waals surface area (Å²) in [7, 11) is 7.61. The average Bonchev–Trinajstić information content (AvgIpc) is 3.80. The highest BCUT2D eigenvalue weighted by atomic mass is 35.5. The molecule has 4 rings (SSSR count). The number of fused-ring (bicyclic) bond motifs is 5. The number of ether oxygens (including phenoxy) is 4. The topological polar surface area (TPSA) is 159 Å². The molecule has 3 amide bonds. The Labute approximate surface area is 317 Å². The molecule has 286 valence electrons. The van der Waals surface area contributed by atoms with Crippen LogP contribution in [0.25, 0.3) is 6.08 Å². The Morgan fingerprint density at radius 1 is 1.33 bits per heavy atom. The number of methoxy groups -OCH3 is 1. The summed E-state index contributed by atoms with van der Waals surface area (Å²) >= 11 is 6.71. The van der Waals surface area contributed by atoms with Crippen LogP contribution in [-0.4, -0.2) is 116 Å². The van der Waals surface area contributed by atoms with Gasteiger partial charge in [-0.15, -0.1) is 0 Å². The van der Waals surface area contributed by atoms with Gasteiger partial charge in [-0.2, -0.15) is 0 Å². The summed E-state index contributed by atoms with van der Waals surface area (Å²) in [6.07, 6.45) is 3.26. The number of aliphatic hydroxyl groups is 1. The van der Waals surface area contributed by atoms with E-state index in [9.17, 15) is 24.3 Å². The molecule has 2 fully saturated rings. The maximum Gasteiger partial charge on any atom is 0.409 e. The lowest BCUT2D eigenvalue weighted by molar-refractivity contribution is -0.354. The number of carbonyl (C=O) groups excluding carboxylic acids is 5. The number of allylic oxidation sites excluding steroid dienone is 2. The summed E-state index contributed by atoms with van der Waals surface area (Å²) in [5, 5.41) is 14.4. The number of amides is 3. The molecule has 0 aromatic heterocycles. The Bertz CT molecular complexity index is 1610. The molecule has 2 N–H and O–H groups in total. The molecule has 3 aliphatic heterocycles. The maximum absolute atomic E-state index is 14.1. The smallest absolute Gasteiger partial charge is 0.409 e. The van der Waals surface area contributed by atoms with Gasteiger partial charge in [-0.05, 0) is 45.1 Å². The molecular weight excluding hydrogens is 734 g/mol. The number of rotatable bonds is 9. The fraction of sp³-hybridized carbons (Fsp3) is 0.583. The van der Waals surface area contributed by atoms with Crippen molar-refractivity contribution in [3.05, 3.63) is 40.4 Å². The van der Waals surface area contributed by atoms with Crippen LogP contribution >= 0.6 is 33.2 Å². The van der Waals surface area contributed by atoms with Crippen molar-refractivity contribution < 1.29 is 47.7 Å². The largest absolute Gasteiger partial charge is 0.457 e. The van der Waals surface area contributed by atoms with Crippen molar-refractivity contribution in [2.24, 2.45) is 5.92 Å². The number of epoxide rings is 1. The van der Waals surface area contributed by atoms with E-state index >= 15 is 0 Å². The monoisotopic (exact) mass is 782 g/mol. The van der Waals surface area contributed by atoms with E-state index in [-0.39, 0.29) is 35.9 Å². The molecule has 3 heterocycles. The molecule has 1 aromatic rings. The zero-order valence-electron chi connectivity index (χ0n) is 30.8. The van der Waals surface area contributed by atoms with Gasteiger partial charge in [0.15, 0.2) is 10.7 Å². The van der Waals surface area contributed by atoms with E-state index < -0.39 is 65.7 Å². The molecule has 0 unspecified atom stereocenters. The first-order chi connectivity index (χ1) is 24.5. The number of nitrogens with one attached hydrogen (secondary N) is 1. The van der Waals surface area contributed by atoms with Gasteiger partial charge in [0, 0.05) is 45.7 Å². The Kier molecular flexibility index (Phi) is 13.9. The molecule has 0 radical (unpaired) electrons. The summed E-state index contributed by atoms with van der Waals surface area (Å²) in [4.78, 5) is 56.1. The highest BCUT2D eigenvalue weighted by Crippen LogP contribution is 2.49. The van der Waals surface area contributed by atoms with Gasteiger partial charge >= 0.3 is 17.8 Å². The standard InChI is InChI=1S/C36H48ClN3O10S2/c1-20-11-10-12-27(47-8)36(45)19-26(48-34(44)38-36)21(2)32-35(4,50-32)28(49-33(43)22(3)39(5)29(41)13-14-52-51-9)18-30(42)40(6)24-16-23(15-20)17-25(46-7)31(24)37/h10,12,15-17,21-22,26-28,32,45H,7,11,13-14,18-19H2,1-6,8-9H3/p+1/b12-10+,20-15-/t21-,22-,26+,27-,28+,32+,35+,36+/m1/s1. The minimum atomic E-state index is -1.82. The molecule has 0 aliphatic carbocycles. The molecule has 16 heteroatoms. The number of nitrogens with zero attached hydrogens (tertiary/aromatic N) is 2. The van der Waals surface area contributed by atoms with E-state index in [4.69, 9.17) is 35.0 Å². The average molecular weight is 783 g/mol. The second-order valence-corrected chi connectivity index (χ2v) is 16.6. The van der Waals surface area contributed by atoms with E-state index in [0.29, 0.717) is 23.4 Å². The van der Waals surface area contributed by atoms with Crippen molar-refractivity contribution in [2.45, 2.75) is 95.2 Å². The van der Waals surface area contributed by atoms with Gasteiger partial charge in [0.05, 0.1) is 24.3 Å². The van der Waals surface area contributed by atoms with Gasteiger partial charge < -0.3 is 33.9 Å². The molecular formula is C36H49ClN3O10S2+. The summed E-state index contributed by atoms with van der Waals surface area (Å²) in [6.45, 7) is 10.5. The Morgan fingerprint density at radius 2 is 2.04 bits per heavy atom. The van der Waals surface area contributed by atoms with Crippen LogP contribution in [0.5, 0.6) is 5.75 Å². The van der Waals surface area contributed by atoms with Crippen LogP contribution in [0.4, 0.5) is 10.5 Å². The van der Waals surface area contributed by atoms with Gasteiger partial charge in [0.1, 0.15) is 30.0 Å². The molecule has 0 saturated carbocycles. The fourth-order valence-corrected chi connectivity index (χ4v) is 7.99. The van der Waals surface area contributed by atoms with E-state index in [1.54, 1.807) is 67.6 Å². The van der Waals surface area contributed by atoms with Crippen LogP contribution in [0.15, 0.2) is 29.9 Å².